The summed E-state index contributed by atoms with van der Waals surface area (Å²) in [6.07, 6.45) is 3.29. The fourth-order valence-corrected chi connectivity index (χ4v) is 2.61. The molecule has 0 aromatic heterocycles. The van der Waals surface area contributed by atoms with Crippen molar-refractivity contribution in [2.45, 2.75) is 32.1 Å². The van der Waals surface area contributed by atoms with Crippen molar-refractivity contribution >= 4 is 11.9 Å². The third kappa shape index (κ3) is 7.58. The molecule has 2 radical (unpaired) electrons. The van der Waals surface area contributed by atoms with Gasteiger partial charge in [0.05, 0.1) is 14.2 Å². The van der Waals surface area contributed by atoms with Gasteiger partial charge in [-0.15, -0.1) is 9.78 Å². The van der Waals surface area contributed by atoms with E-state index in [4.69, 9.17) is 29.0 Å². The highest BCUT2D eigenvalue weighted by molar-refractivity contribution is 5.92. The molecule has 166 valence electrons. The van der Waals surface area contributed by atoms with Crippen LogP contribution in [-0.2, 0) is 19.6 Å². The molecule has 2 aromatic carbocycles. The van der Waals surface area contributed by atoms with Gasteiger partial charge in [-0.05, 0) is 30.7 Å². The van der Waals surface area contributed by atoms with Gasteiger partial charge >= 0.3 is 18.2 Å². The highest BCUT2D eigenvalue weighted by Crippen LogP contribution is 2.23. The molecule has 0 unspecified atom stereocenters. The van der Waals surface area contributed by atoms with Gasteiger partial charge in [0.2, 0.25) is 0 Å². The summed E-state index contributed by atoms with van der Waals surface area (Å²) in [5.74, 6) is -0.909. The summed E-state index contributed by atoms with van der Waals surface area (Å²) >= 11 is 0. The lowest BCUT2D eigenvalue weighted by Crippen LogP contribution is -2.17. The molecule has 0 N–H and O–H groups in total. The van der Waals surface area contributed by atoms with E-state index in [2.05, 4.69) is 6.92 Å². The highest BCUT2D eigenvalue weighted by atomic mass is 17.3. The number of carbonyl (C=O) groups excluding carboxylic acids is 2. The van der Waals surface area contributed by atoms with Crippen LogP contribution in [0.4, 0.5) is 0 Å². The van der Waals surface area contributed by atoms with E-state index >= 15 is 0 Å². The van der Waals surface area contributed by atoms with E-state index < -0.39 is 11.9 Å². The summed E-state index contributed by atoms with van der Waals surface area (Å²) < 4.78 is 10.3. The van der Waals surface area contributed by atoms with Gasteiger partial charge in [-0.2, -0.15) is 0 Å². The molecule has 0 saturated carbocycles. The highest BCUT2D eigenvalue weighted by Gasteiger charge is 2.23. The molecule has 2 rings (SSSR count). The molecular weight excluding hydrogens is 404 g/mol. The zero-order valence-corrected chi connectivity index (χ0v) is 17.6. The van der Waals surface area contributed by atoms with Crippen LogP contribution in [0.15, 0.2) is 48.5 Å². The van der Waals surface area contributed by atoms with Crippen LogP contribution in [0.25, 0.3) is 0 Å². The molecule has 0 spiro atoms. The Morgan fingerprint density at radius 2 is 1.19 bits per heavy atom. The summed E-state index contributed by atoms with van der Waals surface area (Å²) in [6, 6.07) is 13.1. The molecule has 0 fully saturated rings. The van der Waals surface area contributed by atoms with Crippen LogP contribution in [-0.4, -0.2) is 26.2 Å². The maximum Gasteiger partial charge on any atom is 0.376 e. The fraction of sp³-hybridized carbons (Fsp3) is 0.304. The summed E-state index contributed by atoms with van der Waals surface area (Å²) in [7, 11) is 2.88. The van der Waals surface area contributed by atoms with Crippen molar-refractivity contribution in [1.29, 1.82) is 0 Å². The molecule has 8 heteroatoms. The quantitative estimate of drug-likeness (QED) is 0.253. The number of unbranched alkanes of at least 4 members (excludes halogenated alkanes) is 3. The van der Waals surface area contributed by atoms with Gasteiger partial charge < -0.3 is 9.47 Å². The van der Waals surface area contributed by atoms with Gasteiger partial charge in [0.1, 0.15) is 22.6 Å². The Kier molecular flexibility index (Phi) is 10.3. The fourth-order valence-electron chi connectivity index (χ4n) is 2.61. The SMILES string of the molecule is [CH2]CCCCC[C](OOC(=O)c1ccccc1OC)OOC(=O)c1ccccc1OC. The van der Waals surface area contributed by atoms with Crippen LogP contribution in [0.3, 0.4) is 0 Å². The zero-order valence-electron chi connectivity index (χ0n) is 17.6. The molecular formula is C23H26O8. The predicted octanol–water partition coefficient (Wildman–Crippen LogP) is 4.85. The maximum atomic E-state index is 12.3. The maximum absolute atomic E-state index is 12.3. The Morgan fingerprint density at radius 1 is 0.710 bits per heavy atom. The van der Waals surface area contributed by atoms with E-state index in [-0.39, 0.29) is 23.8 Å². The van der Waals surface area contributed by atoms with E-state index in [1.165, 1.54) is 26.4 Å². The van der Waals surface area contributed by atoms with Gasteiger partial charge in [0.15, 0.2) is 0 Å². The summed E-state index contributed by atoms with van der Waals surface area (Å²) in [6.45, 7) is 3.79. The topological polar surface area (TPSA) is 89.5 Å². The number of rotatable bonds is 13. The summed E-state index contributed by atoms with van der Waals surface area (Å²) in [5.41, 5.74) is 0.347. The van der Waals surface area contributed by atoms with Crippen LogP contribution in [0.2, 0.25) is 0 Å². The first-order valence-corrected chi connectivity index (χ1v) is 9.79. The van der Waals surface area contributed by atoms with Gasteiger partial charge in [-0.25, -0.2) is 9.59 Å². The van der Waals surface area contributed by atoms with Crippen LogP contribution in [0.5, 0.6) is 11.5 Å². The van der Waals surface area contributed by atoms with Crippen molar-refractivity contribution in [2.24, 2.45) is 0 Å². The number of methoxy groups -OCH3 is 2. The molecule has 0 bridgehead atoms. The van der Waals surface area contributed by atoms with E-state index in [1.807, 2.05) is 0 Å². The normalized spacial score (nSPS) is 10.6. The first-order chi connectivity index (χ1) is 15.1. The minimum absolute atomic E-state index is 0.171. The first-order valence-electron chi connectivity index (χ1n) is 9.79. The number of hydrogen-bond donors (Lipinski definition) is 0. The van der Waals surface area contributed by atoms with Crippen molar-refractivity contribution in [3.05, 3.63) is 72.9 Å². The summed E-state index contributed by atoms with van der Waals surface area (Å²) in [4.78, 5) is 44.5. The molecule has 8 nitrogen and oxygen atoms in total. The molecule has 2 aromatic rings. The number of benzene rings is 2. The van der Waals surface area contributed by atoms with Crippen molar-refractivity contribution in [3.63, 3.8) is 0 Å². The van der Waals surface area contributed by atoms with Crippen LogP contribution >= 0.6 is 0 Å². The Morgan fingerprint density at radius 3 is 1.65 bits per heavy atom. The molecule has 0 aliphatic rings. The predicted molar refractivity (Wildman–Crippen MR) is 111 cm³/mol. The molecule has 0 amide bonds. The lowest BCUT2D eigenvalue weighted by molar-refractivity contribution is -0.364. The Hall–Kier alpha value is -3.10. The van der Waals surface area contributed by atoms with Crippen molar-refractivity contribution < 1.29 is 38.6 Å². The van der Waals surface area contributed by atoms with Crippen LogP contribution < -0.4 is 9.47 Å². The zero-order chi connectivity index (χ0) is 22.5. The number of para-hydroxylation sites is 2. The second-order valence-corrected chi connectivity index (χ2v) is 6.35. The van der Waals surface area contributed by atoms with E-state index in [0.29, 0.717) is 17.9 Å². The van der Waals surface area contributed by atoms with Gasteiger partial charge in [0, 0.05) is 6.42 Å². The average molecular weight is 430 g/mol. The third-order valence-electron chi connectivity index (χ3n) is 4.21. The molecule has 0 heterocycles. The van der Waals surface area contributed by atoms with Gasteiger partial charge in [0.25, 0.3) is 0 Å². The van der Waals surface area contributed by atoms with E-state index in [1.54, 1.807) is 36.4 Å². The number of carbonyl (C=O) groups is 2. The van der Waals surface area contributed by atoms with Crippen LogP contribution in [0.1, 0.15) is 52.8 Å². The van der Waals surface area contributed by atoms with Crippen LogP contribution in [0, 0.1) is 13.2 Å². The van der Waals surface area contributed by atoms with Crippen molar-refractivity contribution in [2.75, 3.05) is 14.2 Å². The molecule has 0 aliphatic heterocycles. The monoisotopic (exact) mass is 430 g/mol. The number of ether oxygens (including phenoxy) is 2. The van der Waals surface area contributed by atoms with Crippen molar-refractivity contribution in [3.8, 4) is 11.5 Å². The summed E-state index contributed by atoms with van der Waals surface area (Å²) in [5, 5.41) is 0. The van der Waals surface area contributed by atoms with E-state index in [9.17, 15) is 9.59 Å². The average Bonchev–Trinajstić information content (AvgIpc) is 2.82. The number of hydrogen-bond acceptors (Lipinski definition) is 8. The molecule has 0 aliphatic carbocycles. The Bertz CT molecular complexity index is 772. The lowest BCUT2D eigenvalue weighted by Gasteiger charge is -2.14. The Labute approximate surface area is 181 Å². The van der Waals surface area contributed by atoms with Crippen molar-refractivity contribution in [1.82, 2.24) is 0 Å². The molecule has 31 heavy (non-hydrogen) atoms. The van der Waals surface area contributed by atoms with E-state index in [0.717, 1.165) is 19.3 Å². The molecule has 0 atom stereocenters. The van der Waals surface area contributed by atoms with Gasteiger partial charge in [-0.1, -0.05) is 50.5 Å². The second kappa shape index (κ2) is 13.3. The largest absolute Gasteiger partial charge is 0.496 e. The smallest absolute Gasteiger partial charge is 0.376 e. The standard InChI is InChI=1S/C23H26O8/c1-4-5-6-7-16-21(28-30-22(24)17-12-8-10-14-19(17)26-2)29-31-23(25)18-13-9-11-15-20(18)27-3/h8-15H,1,4-7,16H2,2-3H3. The second-order valence-electron chi connectivity index (χ2n) is 6.35. The minimum atomic E-state index is -0.785. The third-order valence-corrected chi connectivity index (χ3v) is 4.21. The lowest BCUT2D eigenvalue weighted by atomic mass is 10.1. The minimum Gasteiger partial charge on any atom is -0.496 e. The molecule has 0 saturated heterocycles. The first kappa shape index (κ1) is 24.2. The Balaban J connectivity index is 1.97. The van der Waals surface area contributed by atoms with Gasteiger partial charge in [-0.3, -0.25) is 9.78 Å².